The standard InChI is InChI=1S/C15H16NO.ClH/c1-16(2,14-11-7-4-8-12-14)15(17)13-9-5-3-6-10-13;/h3-12H,1-2H3;1H/q+1;/p-1. The third-order valence-corrected chi connectivity index (χ3v) is 2.93. The molecule has 3 heteroatoms. The Labute approximate surface area is 114 Å². The molecule has 0 aliphatic carbocycles. The third kappa shape index (κ3) is 2.78. The van der Waals surface area contributed by atoms with E-state index in [4.69, 9.17) is 0 Å². The van der Waals surface area contributed by atoms with Crippen LogP contribution in [0.2, 0.25) is 0 Å². The molecule has 2 aromatic rings. The summed E-state index contributed by atoms with van der Waals surface area (Å²) in [6.07, 6.45) is 0. The van der Waals surface area contributed by atoms with Crippen LogP contribution in [0.5, 0.6) is 0 Å². The van der Waals surface area contributed by atoms with E-state index in [0.29, 0.717) is 0 Å². The van der Waals surface area contributed by atoms with Gasteiger partial charge in [-0.25, -0.2) is 9.28 Å². The van der Waals surface area contributed by atoms with Gasteiger partial charge in [-0.05, 0) is 24.3 Å². The number of benzene rings is 2. The highest BCUT2D eigenvalue weighted by Gasteiger charge is 2.30. The summed E-state index contributed by atoms with van der Waals surface area (Å²) in [5.74, 6) is 0.0943. The predicted molar refractivity (Wildman–Crippen MR) is 70.9 cm³/mol. The van der Waals surface area contributed by atoms with E-state index in [1.165, 1.54) is 0 Å². The van der Waals surface area contributed by atoms with Gasteiger partial charge in [0.1, 0.15) is 5.69 Å². The second-order valence-electron chi connectivity index (χ2n) is 4.46. The molecule has 0 unspecified atom stereocenters. The highest BCUT2D eigenvalue weighted by Crippen LogP contribution is 2.21. The van der Waals surface area contributed by atoms with Crippen LogP contribution in [0.15, 0.2) is 60.7 Å². The van der Waals surface area contributed by atoms with E-state index in [9.17, 15) is 4.79 Å². The first-order chi connectivity index (χ1) is 8.12. The monoisotopic (exact) mass is 261 g/mol. The normalized spacial score (nSPS) is 10.6. The molecule has 0 saturated carbocycles. The van der Waals surface area contributed by atoms with Crippen LogP contribution in [0.1, 0.15) is 10.4 Å². The Morgan fingerprint density at radius 3 is 1.78 bits per heavy atom. The summed E-state index contributed by atoms with van der Waals surface area (Å²) in [7, 11) is 3.81. The lowest BCUT2D eigenvalue weighted by atomic mass is 10.1. The van der Waals surface area contributed by atoms with Crippen molar-refractivity contribution in [1.29, 1.82) is 0 Å². The van der Waals surface area contributed by atoms with Gasteiger partial charge in [-0.3, -0.25) is 0 Å². The molecule has 1 amide bonds. The number of hydrogen-bond donors (Lipinski definition) is 0. The number of rotatable bonds is 2. The Bertz CT molecular complexity index is 509. The van der Waals surface area contributed by atoms with Gasteiger partial charge in [0, 0.05) is 0 Å². The molecular weight excluding hydrogens is 246 g/mol. The lowest BCUT2D eigenvalue weighted by molar-refractivity contribution is -0.0000115. The summed E-state index contributed by atoms with van der Waals surface area (Å²) in [6.45, 7) is 0. The van der Waals surface area contributed by atoms with Crippen LogP contribution in [-0.4, -0.2) is 20.0 Å². The molecule has 0 bridgehead atoms. The van der Waals surface area contributed by atoms with Crippen LogP contribution >= 0.6 is 0 Å². The summed E-state index contributed by atoms with van der Waals surface area (Å²) in [5, 5.41) is 0. The minimum absolute atomic E-state index is 0. The number of hydrogen-bond acceptors (Lipinski definition) is 1. The first kappa shape index (κ1) is 14.4. The van der Waals surface area contributed by atoms with Crippen molar-refractivity contribution < 1.29 is 17.2 Å². The van der Waals surface area contributed by atoms with Crippen molar-refractivity contribution in [2.45, 2.75) is 0 Å². The van der Waals surface area contributed by atoms with Gasteiger partial charge in [0.15, 0.2) is 0 Å². The number of quaternary nitrogens is 1. The van der Waals surface area contributed by atoms with Crippen molar-refractivity contribution in [1.82, 2.24) is 4.48 Å². The maximum atomic E-state index is 12.4. The zero-order chi connectivity index (χ0) is 12.3. The quantitative estimate of drug-likeness (QED) is 0.701. The topological polar surface area (TPSA) is 17.1 Å². The lowest BCUT2D eigenvalue weighted by Gasteiger charge is -2.26. The van der Waals surface area contributed by atoms with Crippen LogP contribution in [0.25, 0.3) is 0 Å². The molecule has 0 aliphatic heterocycles. The van der Waals surface area contributed by atoms with Crippen molar-refractivity contribution in [2.24, 2.45) is 0 Å². The second kappa shape index (κ2) is 5.80. The molecule has 18 heavy (non-hydrogen) atoms. The molecule has 0 saturated heterocycles. The minimum atomic E-state index is 0. The Hall–Kier alpha value is -1.64. The highest BCUT2D eigenvalue weighted by atomic mass is 35.5. The first-order valence-corrected chi connectivity index (χ1v) is 5.62. The largest absolute Gasteiger partial charge is 1.00 e. The van der Waals surface area contributed by atoms with Crippen LogP contribution < -0.4 is 16.9 Å². The molecule has 0 radical (unpaired) electrons. The van der Waals surface area contributed by atoms with E-state index in [1.54, 1.807) is 0 Å². The van der Waals surface area contributed by atoms with Crippen molar-refractivity contribution in [2.75, 3.05) is 14.1 Å². The van der Waals surface area contributed by atoms with Crippen molar-refractivity contribution in [3.63, 3.8) is 0 Å². The van der Waals surface area contributed by atoms with Crippen molar-refractivity contribution in [3.05, 3.63) is 66.2 Å². The van der Waals surface area contributed by atoms with Crippen molar-refractivity contribution >= 4 is 11.6 Å². The molecule has 0 atom stereocenters. The minimum Gasteiger partial charge on any atom is -1.00 e. The number of amides is 1. The molecule has 0 heterocycles. The van der Waals surface area contributed by atoms with Gasteiger partial charge in [-0.15, -0.1) is 0 Å². The van der Waals surface area contributed by atoms with Crippen LogP contribution in [0.4, 0.5) is 5.69 Å². The second-order valence-corrected chi connectivity index (χ2v) is 4.46. The van der Waals surface area contributed by atoms with Crippen molar-refractivity contribution in [3.8, 4) is 0 Å². The SMILES string of the molecule is C[N+](C)(C(=O)c1ccccc1)c1ccccc1.[Cl-]. The van der Waals surface area contributed by atoms with E-state index in [1.807, 2.05) is 74.8 Å². The molecule has 0 N–H and O–H groups in total. The van der Waals surface area contributed by atoms with E-state index in [0.717, 1.165) is 11.3 Å². The Morgan fingerprint density at radius 1 is 0.833 bits per heavy atom. The fourth-order valence-corrected chi connectivity index (χ4v) is 1.82. The number of carbonyl (C=O) groups excluding carboxylic acids is 1. The van der Waals surface area contributed by atoms with Gasteiger partial charge in [-0.2, -0.15) is 0 Å². The molecule has 0 aliphatic rings. The summed E-state index contributed by atoms with van der Waals surface area (Å²) in [6, 6.07) is 19.2. The average molecular weight is 262 g/mol. The Kier molecular flexibility index (Phi) is 4.65. The van der Waals surface area contributed by atoms with Crippen LogP contribution in [-0.2, 0) is 0 Å². The molecular formula is C15H16ClNO. The zero-order valence-electron chi connectivity index (χ0n) is 10.5. The number of carbonyl (C=O) groups is 1. The summed E-state index contributed by atoms with van der Waals surface area (Å²) < 4.78 is 0.227. The molecule has 0 spiro atoms. The van der Waals surface area contributed by atoms with Gasteiger partial charge in [-0.1, -0.05) is 36.4 Å². The maximum absolute atomic E-state index is 12.4. The highest BCUT2D eigenvalue weighted by molar-refractivity contribution is 6.01. The molecule has 0 fully saturated rings. The van der Waals surface area contributed by atoms with E-state index in [2.05, 4.69) is 0 Å². The number of nitrogens with zero attached hydrogens (tertiary/aromatic N) is 1. The van der Waals surface area contributed by atoms with E-state index < -0.39 is 0 Å². The summed E-state index contributed by atoms with van der Waals surface area (Å²) in [5.41, 5.74) is 1.72. The van der Waals surface area contributed by atoms with E-state index >= 15 is 0 Å². The average Bonchev–Trinajstić information content (AvgIpc) is 2.40. The predicted octanol–water partition coefficient (Wildman–Crippen LogP) is 0.0979. The zero-order valence-corrected chi connectivity index (χ0v) is 11.3. The lowest BCUT2D eigenvalue weighted by Crippen LogP contribution is -3.00. The molecule has 2 rings (SSSR count). The molecule has 0 aromatic heterocycles. The Balaban J connectivity index is 0.00000162. The molecule has 2 nitrogen and oxygen atoms in total. The first-order valence-electron chi connectivity index (χ1n) is 5.62. The van der Waals surface area contributed by atoms with Crippen LogP contribution in [0, 0.1) is 0 Å². The number of para-hydroxylation sites is 1. The van der Waals surface area contributed by atoms with Gasteiger partial charge >= 0.3 is 5.91 Å². The van der Waals surface area contributed by atoms with Gasteiger partial charge < -0.3 is 12.4 Å². The fourth-order valence-electron chi connectivity index (χ4n) is 1.82. The molecule has 2 aromatic carbocycles. The summed E-state index contributed by atoms with van der Waals surface area (Å²) >= 11 is 0. The molecule has 94 valence electrons. The van der Waals surface area contributed by atoms with Gasteiger partial charge in [0.25, 0.3) is 0 Å². The maximum Gasteiger partial charge on any atom is 0.350 e. The van der Waals surface area contributed by atoms with E-state index in [-0.39, 0.29) is 22.8 Å². The number of halogens is 1. The smallest absolute Gasteiger partial charge is 0.350 e. The third-order valence-electron chi connectivity index (χ3n) is 2.93. The van der Waals surface area contributed by atoms with Gasteiger partial charge in [0.05, 0.1) is 19.7 Å². The summed E-state index contributed by atoms with van der Waals surface area (Å²) in [4.78, 5) is 12.4. The fraction of sp³-hybridized carbons (Fsp3) is 0.133. The van der Waals surface area contributed by atoms with Gasteiger partial charge in [0.2, 0.25) is 0 Å². The Morgan fingerprint density at radius 2 is 1.28 bits per heavy atom. The van der Waals surface area contributed by atoms with Crippen LogP contribution in [0.3, 0.4) is 0 Å².